The van der Waals surface area contributed by atoms with E-state index in [9.17, 15) is 39.3 Å². The normalized spacial score (nSPS) is 32.9. The van der Waals surface area contributed by atoms with Gasteiger partial charge < -0.3 is 44.3 Å². The van der Waals surface area contributed by atoms with E-state index in [0.29, 0.717) is 11.1 Å². The Hall–Kier alpha value is -5.22. The summed E-state index contributed by atoms with van der Waals surface area (Å²) in [6.45, 7) is 11.2. The minimum absolute atomic E-state index is 0.00140. The van der Waals surface area contributed by atoms with Crippen molar-refractivity contribution in [3.63, 3.8) is 0 Å². The molecule has 1 amide bonds. The maximum atomic E-state index is 15.4. The van der Waals surface area contributed by atoms with E-state index in [-0.39, 0.29) is 29.7 Å². The molecule has 0 radical (unpaired) electrons. The van der Waals surface area contributed by atoms with E-state index in [1.807, 2.05) is 0 Å². The molecular formula is C45H53NO14. The molecule has 15 heteroatoms. The lowest BCUT2D eigenvalue weighted by Crippen LogP contribution is -2.82. The van der Waals surface area contributed by atoms with Crippen LogP contribution >= 0.6 is 0 Å². The molecule has 6 rings (SSSR count). The monoisotopic (exact) mass is 831 g/mol. The Morgan fingerprint density at radius 1 is 0.917 bits per heavy atom. The van der Waals surface area contributed by atoms with Gasteiger partial charge in [0.25, 0.3) is 0 Å². The summed E-state index contributed by atoms with van der Waals surface area (Å²) in [7, 11) is 0. The Kier molecular flexibility index (Phi) is 12.1. The maximum Gasteiger partial charge on any atom is 0.338 e. The van der Waals surface area contributed by atoms with Crippen LogP contribution in [-0.2, 0) is 47.7 Å². The molecule has 11 atom stereocenters. The molecule has 322 valence electrons. The van der Waals surface area contributed by atoms with Gasteiger partial charge in [0.1, 0.15) is 23.9 Å². The first-order valence-corrected chi connectivity index (χ1v) is 19.9. The van der Waals surface area contributed by atoms with Gasteiger partial charge >= 0.3 is 23.9 Å². The van der Waals surface area contributed by atoms with Crippen LogP contribution in [0.1, 0.15) is 90.2 Å². The second-order valence-corrected chi connectivity index (χ2v) is 17.0. The second-order valence-electron chi connectivity index (χ2n) is 17.0. The number of allylic oxidation sites excluding steroid dienone is 1. The number of aliphatic hydroxyl groups excluding tert-OH is 2. The smallest absolute Gasteiger partial charge is 0.338 e. The first-order chi connectivity index (χ1) is 28.1. The van der Waals surface area contributed by atoms with Crippen LogP contribution in [0.2, 0.25) is 0 Å². The van der Waals surface area contributed by atoms with Crippen molar-refractivity contribution in [2.45, 2.75) is 122 Å². The molecule has 15 nitrogen and oxygen atoms in total. The van der Waals surface area contributed by atoms with Gasteiger partial charge in [0.2, 0.25) is 5.91 Å². The van der Waals surface area contributed by atoms with Crippen molar-refractivity contribution in [2.24, 2.45) is 16.7 Å². The Morgan fingerprint density at radius 2 is 1.53 bits per heavy atom. The molecular weight excluding hydrogens is 778 g/mol. The second kappa shape index (κ2) is 16.3. The Morgan fingerprint density at radius 3 is 2.08 bits per heavy atom. The highest BCUT2D eigenvalue weighted by atomic mass is 16.6. The molecule has 1 aliphatic heterocycles. The third kappa shape index (κ3) is 7.24. The van der Waals surface area contributed by atoms with Crippen LogP contribution in [0.25, 0.3) is 0 Å². The molecule has 3 fully saturated rings. The van der Waals surface area contributed by atoms with Gasteiger partial charge in [0.15, 0.2) is 23.6 Å². The fourth-order valence-electron chi connectivity index (χ4n) is 9.75. The summed E-state index contributed by atoms with van der Waals surface area (Å²) in [5.41, 5.74) is -6.91. The lowest BCUT2D eigenvalue weighted by Gasteiger charge is -2.67. The predicted molar refractivity (Wildman–Crippen MR) is 211 cm³/mol. The van der Waals surface area contributed by atoms with Crippen LogP contribution < -0.4 is 5.32 Å². The fourth-order valence-corrected chi connectivity index (χ4v) is 9.75. The van der Waals surface area contributed by atoms with E-state index < -0.39 is 113 Å². The van der Waals surface area contributed by atoms with Crippen molar-refractivity contribution in [3.8, 4) is 0 Å². The fraction of sp³-hybridized carbons (Fsp3) is 0.511. The van der Waals surface area contributed by atoms with Gasteiger partial charge in [-0.1, -0.05) is 68.5 Å². The first kappa shape index (κ1) is 44.3. The molecule has 3 aliphatic carbocycles. The van der Waals surface area contributed by atoms with Crippen LogP contribution in [0.3, 0.4) is 0 Å². The summed E-state index contributed by atoms with van der Waals surface area (Å²) in [4.78, 5) is 82.9. The third-order valence-electron chi connectivity index (χ3n) is 13.2. The van der Waals surface area contributed by atoms with E-state index >= 15 is 4.79 Å². The molecule has 4 N–H and O–H groups in total. The number of nitrogens with one attached hydrogen (secondary N) is 1. The van der Waals surface area contributed by atoms with Gasteiger partial charge in [0, 0.05) is 37.7 Å². The van der Waals surface area contributed by atoms with E-state index in [0.717, 1.165) is 13.8 Å². The lowest BCUT2D eigenvalue weighted by molar-refractivity contribution is -0.346. The van der Waals surface area contributed by atoms with Crippen molar-refractivity contribution in [3.05, 3.63) is 94.6 Å². The number of Topliss-reactive ketones (excluding diaryl/α,β-unsaturated/α-hetero) is 1. The number of hydrogen-bond donors (Lipinski definition) is 4. The highest BCUT2D eigenvalue weighted by Crippen LogP contribution is 2.64. The van der Waals surface area contributed by atoms with Gasteiger partial charge in [-0.3, -0.25) is 19.2 Å². The minimum atomic E-state index is -2.38. The highest BCUT2D eigenvalue weighted by molar-refractivity contribution is 5.96. The van der Waals surface area contributed by atoms with Gasteiger partial charge in [-0.05, 0) is 56.5 Å². The zero-order valence-corrected chi connectivity index (χ0v) is 34.9. The Balaban J connectivity index is 1.56. The van der Waals surface area contributed by atoms with Gasteiger partial charge in [0.05, 0.1) is 35.6 Å². The number of ketones is 1. The number of esters is 4. The zero-order chi connectivity index (χ0) is 44.1. The number of carbonyl (C=O) groups is 6. The van der Waals surface area contributed by atoms with E-state index in [1.165, 1.54) is 26.0 Å². The molecule has 1 saturated heterocycles. The van der Waals surface area contributed by atoms with E-state index in [4.69, 9.17) is 23.7 Å². The highest BCUT2D eigenvalue weighted by Gasteiger charge is 2.78. The summed E-state index contributed by atoms with van der Waals surface area (Å²) in [6.07, 6.45) is -8.88. The van der Waals surface area contributed by atoms with Crippen LogP contribution in [-0.4, -0.2) is 105 Å². The molecule has 2 saturated carbocycles. The molecule has 60 heavy (non-hydrogen) atoms. The van der Waals surface area contributed by atoms with Crippen molar-refractivity contribution >= 4 is 35.6 Å². The standard InChI is InChI=1S/C45H53NO14/c1-9-23(2)39(52)46-33(27-16-12-10-13-17-27)34(50)41(54)58-29-21-45(55)38(59-40(53)28-18-14-11-15-19-28)36-43(8,30(49)20-31-44(36,22-56-31)60-26(5)48)37(51)35(57-25(4)47)32(24(29)3)42(45,6)7/h9-19,29-31,33-36,38,49-50,55H,20-22H2,1-8H3,(H,46,52)/b23-9+/t29-,30-,31+,33-,34+,35+,36-,38-,43+,44-,45?/m0/s1. The van der Waals surface area contributed by atoms with Crippen LogP contribution in [0.15, 0.2) is 83.5 Å². The van der Waals surface area contributed by atoms with Crippen molar-refractivity contribution in [1.29, 1.82) is 0 Å². The lowest BCUT2D eigenvalue weighted by atomic mass is 9.44. The third-order valence-corrected chi connectivity index (χ3v) is 13.2. The quantitative estimate of drug-likeness (QED) is 0.117. The number of ether oxygens (including phenoxy) is 5. The average molecular weight is 832 g/mol. The van der Waals surface area contributed by atoms with Crippen LogP contribution in [0.4, 0.5) is 0 Å². The average Bonchev–Trinajstić information content (AvgIpc) is 3.20. The number of benzene rings is 2. The van der Waals surface area contributed by atoms with E-state index in [1.54, 1.807) is 82.3 Å². The number of hydrogen-bond acceptors (Lipinski definition) is 14. The van der Waals surface area contributed by atoms with Gasteiger partial charge in [-0.15, -0.1) is 0 Å². The Bertz CT molecular complexity index is 2110. The molecule has 0 spiro atoms. The van der Waals surface area contributed by atoms with Gasteiger partial charge in [-0.2, -0.15) is 0 Å². The predicted octanol–water partition coefficient (Wildman–Crippen LogP) is 3.39. The molecule has 1 heterocycles. The van der Waals surface area contributed by atoms with Crippen LogP contribution in [0, 0.1) is 16.7 Å². The summed E-state index contributed by atoms with van der Waals surface area (Å²) < 4.78 is 30.2. The summed E-state index contributed by atoms with van der Waals surface area (Å²) in [6, 6.07) is 14.8. The van der Waals surface area contributed by atoms with Crippen LogP contribution in [0.5, 0.6) is 0 Å². The van der Waals surface area contributed by atoms with Crippen molar-refractivity contribution in [1.82, 2.24) is 5.32 Å². The maximum absolute atomic E-state index is 15.4. The van der Waals surface area contributed by atoms with Gasteiger partial charge in [-0.25, -0.2) is 9.59 Å². The summed E-state index contributed by atoms with van der Waals surface area (Å²) in [5, 5.41) is 40.0. The number of fused-ring (bicyclic) bond motifs is 5. The minimum Gasteiger partial charge on any atom is -0.456 e. The number of amides is 1. The molecule has 2 aromatic rings. The summed E-state index contributed by atoms with van der Waals surface area (Å²) in [5.74, 6) is -6.78. The largest absolute Gasteiger partial charge is 0.456 e. The molecule has 0 aromatic heterocycles. The zero-order valence-electron chi connectivity index (χ0n) is 34.9. The topological polar surface area (TPSA) is 221 Å². The summed E-state index contributed by atoms with van der Waals surface area (Å²) >= 11 is 0. The molecule has 1 unspecified atom stereocenters. The molecule has 2 bridgehead atoms. The number of carbonyl (C=O) groups excluding carboxylic acids is 6. The molecule has 4 aliphatic rings. The molecule has 2 aromatic carbocycles. The van der Waals surface area contributed by atoms with Crippen molar-refractivity contribution in [2.75, 3.05) is 6.61 Å². The SMILES string of the molecule is C/C=C(\C)C(=O)N[C@@H](c1ccccc1)[C@@H](O)C(=O)O[C@H]1CC2(O)[C@@H](OC(=O)c3ccccc3)[C@@H]3[C@]4(OC(C)=O)CO[C@@H]4C[C@H](O)[C@@]3(C)C(=O)[C@H](OC(C)=O)C(=C1C)C2(C)C. The Labute approximate surface area is 348 Å². The number of aliphatic hydroxyl groups is 3. The number of rotatable bonds is 10. The van der Waals surface area contributed by atoms with E-state index in [2.05, 4.69) is 5.32 Å². The van der Waals surface area contributed by atoms with Crippen molar-refractivity contribution < 1.29 is 67.8 Å². The first-order valence-electron chi connectivity index (χ1n) is 19.9.